The Bertz CT molecular complexity index is 3530. The summed E-state index contributed by atoms with van der Waals surface area (Å²) in [6.45, 7) is 0. The van der Waals surface area contributed by atoms with Gasteiger partial charge < -0.3 is 13.4 Å². The lowest BCUT2D eigenvalue weighted by atomic mass is 10.0. The molecule has 0 saturated carbocycles. The maximum atomic E-state index is 6.80. The minimum absolute atomic E-state index is 0.560. The van der Waals surface area contributed by atoms with Gasteiger partial charge in [0.05, 0.1) is 11.0 Å². The molecule has 0 aliphatic rings. The first-order valence-corrected chi connectivity index (χ1v) is 19.0. The van der Waals surface area contributed by atoms with Crippen molar-refractivity contribution in [2.75, 3.05) is 0 Å². The van der Waals surface area contributed by atoms with E-state index in [0.29, 0.717) is 17.5 Å². The van der Waals surface area contributed by atoms with Crippen LogP contribution in [0.2, 0.25) is 0 Å². The van der Waals surface area contributed by atoms with Gasteiger partial charge in [-0.05, 0) is 60.2 Å². The van der Waals surface area contributed by atoms with Crippen molar-refractivity contribution in [2.45, 2.75) is 0 Å². The van der Waals surface area contributed by atoms with Gasteiger partial charge >= 0.3 is 0 Å². The lowest BCUT2D eigenvalue weighted by molar-refractivity contribution is 0.669. The molecule has 0 spiro atoms. The number of nitrogens with zero attached hydrogens (tertiary/aromatic N) is 4. The lowest BCUT2D eigenvalue weighted by Crippen LogP contribution is -2.00. The molecule has 0 atom stereocenters. The van der Waals surface area contributed by atoms with Crippen LogP contribution in [-0.4, -0.2) is 19.5 Å². The number of para-hydroxylation sites is 4. The highest BCUT2D eigenvalue weighted by atomic mass is 16.3. The highest BCUT2D eigenvalue weighted by molar-refractivity contribution is 6.13. The summed E-state index contributed by atoms with van der Waals surface area (Å²) < 4.78 is 15.4. The lowest BCUT2D eigenvalue weighted by Gasteiger charge is -2.09. The van der Waals surface area contributed by atoms with Crippen molar-refractivity contribution in [3.05, 3.63) is 182 Å². The fraction of sp³-hybridized carbons (Fsp3) is 0. The van der Waals surface area contributed by atoms with E-state index < -0.39 is 0 Å². The third kappa shape index (κ3) is 5.01. The first-order valence-electron chi connectivity index (χ1n) is 19.0. The van der Waals surface area contributed by atoms with Crippen LogP contribution in [-0.2, 0) is 0 Å². The second kappa shape index (κ2) is 12.3. The van der Waals surface area contributed by atoms with Crippen molar-refractivity contribution >= 4 is 65.7 Å². The smallest absolute Gasteiger partial charge is 0.164 e. The summed E-state index contributed by atoms with van der Waals surface area (Å²) in [6.07, 6.45) is 0. The van der Waals surface area contributed by atoms with Crippen LogP contribution in [0, 0.1) is 0 Å². The van der Waals surface area contributed by atoms with E-state index in [1.54, 1.807) is 0 Å². The average molecular weight is 731 g/mol. The first-order chi connectivity index (χ1) is 28.2. The molecular formula is C51H30N4O2. The highest BCUT2D eigenvalue weighted by Crippen LogP contribution is 2.40. The number of aromatic nitrogens is 4. The van der Waals surface area contributed by atoms with E-state index in [4.69, 9.17) is 23.8 Å². The minimum atomic E-state index is 0.560. The number of rotatable bonds is 5. The van der Waals surface area contributed by atoms with E-state index in [-0.39, 0.29) is 0 Å². The summed E-state index contributed by atoms with van der Waals surface area (Å²) in [5.41, 5.74) is 11.4. The molecule has 0 aliphatic carbocycles. The third-order valence-electron chi connectivity index (χ3n) is 11.1. The summed E-state index contributed by atoms with van der Waals surface area (Å²) in [5.74, 6) is 1.72. The Kier molecular flexibility index (Phi) is 6.83. The van der Waals surface area contributed by atoms with Crippen LogP contribution in [0.4, 0.5) is 0 Å². The fourth-order valence-electron chi connectivity index (χ4n) is 8.37. The van der Waals surface area contributed by atoms with Crippen LogP contribution in [0.1, 0.15) is 0 Å². The summed E-state index contributed by atoms with van der Waals surface area (Å²) in [6, 6.07) is 62.8. The first kappa shape index (κ1) is 31.5. The predicted molar refractivity (Wildman–Crippen MR) is 230 cm³/mol. The van der Waals surface area contributed by atoms with Gasteiger partial charge in [0.25, 0.3) is 0 Å². The summed E-state index contributed by atoms with van der Waals surface area (Å²) in [5, 5.41) is 6.66. The molecule has 0 amide bonds. The molecule has 0 N–H and O–H groups in total. The van der Waals surface area contributed by atoms with Gasteiger partial charge in [-0.2, -0.15) is 0 Å². The maximum absolute atomic E-state index is 6.80. The summed E-state index contributed by atoms with van der Waals surface area (Å²) >= 11 is 0. The number of fused-ring (bicyclic) bond motifs is 9. The number of furan rings is 2. The molecule has 12 rings (SSSR count). The van der Waals surface area contributed by atoms with Crippen molar-refractivity contribution < 1.29 is 8.83 Å². The van der Waals surface area contributed by atoms with Crippen molar-refractivity contribution in [1.29, 1.82) is 0 Å². The van der Waals surface area contributed by atoms with Gasteiger partial charge in [-0.25, -0.2) is 15.0 Å². The minimum Gasteiger partial charge on any atom is -0.456 e. The molecule has 0 aliphatic heterocycles. The Labute approximate surface area is 325 Å². The molecule has 0 saturated heterocycles. The van der Waals surface area contributed by atoms with E-state index in [9.17, 15) is 0 Å². The molecule has 6 heteroatoms. The van der Waals surface area contributed by atoms with Crippen LogP contribution in [0.3, 0.4) is 0 Å². The van der Waals surface area contributed by atoms with Crippen molar-refractivity contribution in [3.63, 3.8) is 0 Å². The van der Waals surface area contributed by atoms with Gasteiger partial charge in [0, 0.05) is 60.3 Å². The predicted octanol–water partition coefficient (Wildman–Crippen LogP) is 13.4. The molecule has 4 aromatic heterocycles. The molecule has 266 valence electrons. The van der Waals surface area contributed by atoms with Crippen LogP contribution in [0.25, 0.3) is 117 Å². The fourth-order valence-corrected chi connectivity index (χ4v) is 8.37. The third-order valence-corrected chi connectivity index (χ3v) is 11.1. The summed E-state index contributed by atoms with van der Waals surface area (Å²) in [4.78, 5) is 15.0. The number of hydrogen-bond acceptors (Lipinski definition) is 5. The van der Waals surface area contributed by atoms with Gasteiger partial charge in [0.2, 0.25) is 0 Å². The highest BCUT2D eigenvalue weighted by Gasteiger charge is 2.19. The zero-order valence-electron chi connectivity index (χ0n) is 30.4. The number of hydrogen-bond donors (Lipinski definition) is 0. The van der Waals surface area contributed by atoms with E-state index in [2.05, 4.69) is 126 Å². The molecule has 0 fully saturated rings. The monoisotopic (exact) mass is 730 g/mol. The second-order valence-electron chi connectivity index (χ2n) is 14.4. The Balaban J connectivity index is 1.00. The second-order valence-corrected chi connectivity index (χ2v) is 14.4. The largest absolute Gasteiger partial charge is 0.456 e. The zero-order valence-corrected chi connectivity index (χ0v) is 30.4. The quantitative estimate of drug-likeness (QED) is 0.176. The van der Waals surface area contributed by atoms with E-state index in [1.165, 1.54) is 16.3 Å². The zero-order chi connectivity index (χ0) is 37.5. The SMILES string of the molecule is c1ccc(-c2nc(-c3ccc4c(c3)oc3ccccc34)nc(-c3ccc4c(c3)oc3c(-c5ccc6c7ccccc7n(-c7ccccc7)c6c5)cccc34)n2)cc1. The molecule has 0 bridgehead atoms. The van der Waals surface area contributed by atoms with Crippen molar-refractivity contribution in [2.24, 2.45) is 0 Å². The van der Waals surface area contributed by atoms with Gasteiger partial charge in [0.1, 0.15) is 22.3 Å². The van der Waals surface area contributed by atoms with Gasteiger partial charge in [-0.1, -0.05) is 127 Å². The van der Waals surface area contributed by atoms with Crippen LogP contribution in [0.5, 0.6) is 0 Å². The Hall–Kier alpha value is -7.83. The van der Waals surface area contributed by atoms with Crippen molar-refractivity contribution in [3.8, 4) is 51.0 Å². The normalized spacial score (nSPS) is 11.9. The molecule has 8 aromatic carbocycles. The van der Waals surface area contributed by atoms with Crippen LogP contribution >= 0.6 is 0 Å². The van der Waals surface area contributed by atoms with Gasteiger partial charge in [-0.3, -0.25) is 0 Å². The standard InChI is InChI=1S/C51H30N4O2/c1-3-12-31(13-4-1)49-52-50(33-23-26-40-39-17-8-10-21-45(39)56-46(40)29-33)54-51(53-49)34-24-27-41-42-19-11-18-36(48(42)57-47(41)30-34)32-22-25-38-37-16-7-9-20-43(37)55(44(38)28-32)35-14-5-2-6-15-35/h1-30H. The molecule has 0 unspecified atom stereocenters. The Morgan fingerprint density at radius 2 is 0.877 bits per heavy atom. The molecule has 6 nitrogen and oxygen atoms in total. The van der Waals surface area contributed by atoms with Crippen LogP contribution < -0.4 is 0 Å². The Morgan fingerprint density at radius 3 is 1.65 bits per heavy atom. The van der Waals surface area contributed by atoms with Crippen molar-refractivity contribution in [1.82, 2.24) is 19.5 Å². The molecule has 57 heavy (non-hydrogen) atoms. The number of benzene rings is 8. The molecule has 12 aromatic rings. The van der Waals surface area contributed by atoms with E-state index >= 15 is 0 Å². The van der Waals surface area contributed by atoms with E-state index in [1.807, 2.05) is 60.7 Å². The topological polar surface area (TPSA) is 69.9 Å². The Morgan fingerprint density at radius 1 is 0.333 bits per heavy atom. The molecule has 4 heterocycles. The van der Waals surface area contributed by atoms with Gasteiger partial charge in [-0.15, -0.1) is 0 Å². The van der Waals surface area contributed by atoms with E-state index in [0.717, 1.165) is 82.9 Å². The van der Waals surface area contributed by atoms with Gasteiger partial charge in [0.15, 0.2) is 17.5 Å². The average Bonchev–Trinajstić information content (AvgIpc) is 3.95. The maximum Gasteiger partial charge on any atom is 0.164 e. The van der Waals surface area contributed by atoms with Crippen LogP contribution in [0.15, 0.2) is 191 Å². The molecular weight excluding hydrogens is 701 g/mol. The molecule has 0 radical (unpaired) electrons. The summed E-state index contributed by atoms with van der Waals surface area (Å²) in [7, 11) is 0.